The van der Waals surface area contributed by atoms with Gasteiger partial charge in [0.15, 0.2) is 0 Å². The summed E-state index contributed by atoms with van der Waals surface area (Å²) in [6.45, 7) is 0.188. The lowest BCUT2D eigenvalue weighted by atomic mass is 10.1. The van der Waals surface area contributed by atoms with Crippen LogP contribution in [0.5, 0.6) is 5.75 Å². The second-order valence-electron chi connectivity index (χ2n) is 7.73. The first-order valence-corrected chi connectivity index (χ1v) is 10.6. The zero-order valence-electron chi connectivity index (χ0n) is 18.1. The van der Waals surface area contributed by atoms with Crippen LogP contribution in [0.1, 0.15) is 22.3 Å². The molecule has 33 heavy (non-hydrogen) atoms. The molecule has 0 aliphatic carbocycles. The predicted octanol–water partition coefficient (Wildman–Crippen LogP) is 3.85. The Kier molecular flexibility index (Phi) is 6.49. The van der Waals surface area contributed by atoms with Gasteiger partial charge in [0.2, 0.25) is 5.91 Å². The fraction of sp³-hybridized carbons (Fsp3) is 0.192. The first-order valence-electron chi connectivity index (χ1n) is 10.6. The molecular weight excluding hydrogens is 423 g/mol. The van der Waals surface area contributed by atoms with Crippen LogP contribution in [0.4, 0.5) is 10.1 Å². The number of imide groups is 1. The van der Waals surface area contributed by atoms with Crippen LogP contribution in [-0.4, -0.2) is 42.3 Å². The van der Waals surface area contributed by atoms with Crippen LogP contribution in [0.15, 0.2) is 78.9 Å². The Balaban J connectivity index is 1.62. The number of methoxy groups -OCH3 is 1. The van der Waals surface area contributed by atoms with Crippen LogP contribution in [0.25, 0.3) is 0 Å². The number of rotatable bonds is 7. The van der Waals surface area contributed by atoms with E-state index >= 15 is 0 Å². The highest BCUT2D eigenvalue weighted by Gasteiger charge is 2.44. The van der Waals surface area contributed by atoms with E-state index in [2.05, 4.69) is 0 Å². The molecule has 0 spiro atoms. The Morgan fingerprint density at radius 1 is 1.03 bits per heavy atom. The van der Waals surface area contributed by atoms with Crippen molar-refractivity contribution in [3.05, 3.63) is 95.8 Å². The normalized spacial score (nSPS) is 15.6. The van der Waals surface area contributed by atoms with Gasteiger partial charge < -0.3 is 9.64 Å². The molecule has 3 aromatic carbocycles. The Morgan fingerprint density at radius 2 is 1.76 bits per heavy atom. The van der Waals surface area contributed by atoms with Crippen molar-refractivity contribution in [1.82, 2.24) is 4.90 Å². The number of anilines is 1. The van der Waals surface area contributed by atoms with Crippen LogP contribution in [0.2, 0.25) is 0 Å². The Bertz CT molecular complexity index is 1160. The smallest absolute Gasteiger partial charge is 0.257 e. The summed E-state index contributed by atoms with van der Waals surface area (Å²) in [6.07, 6.45) is 0.325. The summed E-state index contributed by atoms with van der Waals surface area (Å²) in [6, 6.07) is 20.4. The van der Waals surface area contributed by atoms with Gasteiger partial charge in [-0.05, 0) is 54.4 Å². The molecule has 0 radical (unpaired) electrons. The van der Waals surface area contributed by atoms with Crippen LogP contribution >= 0.6 is 0 Å². The molecule has 0 unspecified atom stereocenters. The van der Waals surface area contributed by atoms with E-state index in [0.717, 1.165) is 16.5 Å². The summed E-state index contributed by atoms with van der Waals surface area (Å²) in [4.78, 5) is 41.9. The van der Waals surface area contributed by atoms with Crippen molar-refractivity contribution >= 4 is 23.4 Å². The summed E-state index contributed by atoms with van der Waals surface area (Å²) < 4.78 is 19.0. The molecule has 0 N–H and O–H groups in total. The molecule has 7 heteroatoms. The highest BCUT2D eigenvalue weighted by atomic mass is 19.1. The highest BCUT2D eigenvalue weighted by molar-refractivity contribution is 6.23. The van der Waals surface area contributed by atoms with Gasteiger partial charge in [0, 0.05) is 12.1 Å². The van der Waals surface area contributed by atoms with E-state index in [9.17, 15) is 18.8 Å². The maximum atomic E-state index is 13.8. The van der Waals surface area contributed by atoms with E-state index in [0.29, 0.717) is 17.9 Å². The highest BCUT2D eigenvalue weighted by Crippen LogP contribution is 2.27. The van der Waals surface area contributed by atoms with E-state index in [1.807, 2.05) is 24.3 Å². The van der Waals surface area contributed by atoms with E-state index in [1.54, 1.807) is 37.4 Å². The monoisotopic (exact) mass is 446 g/mol. The van der Waals surface area contributed by atoms with Crippen molar-refractivity contribution in [2.45, 2.75) is 18.9 Å². The Morgan fingerprint density at radius 3 is 2.42 bits per heavy atom. The summed E-state index contributed by atoms with van der Waals surface area (Å²) in [5.41, 5.74) is 1.52. The summed E-state index contributed by atoms with van der Waals surface area (Å²) in [5, 5.41) is 0. The maximum absolute atomic E-state index is 13.8. The van der Waals surface area contributed by atoms with Gasteiger partial charge in [-0.25, -0.2) is 9.29 Å². The maximum Gasteiger partial charge on any atom is 0.257 e. The van der Waals surface area contributed by atoms with Crippen molar-refractivity contribution in [3.63, 3.8) is 0 Å². The summed E-state index contributed by atoms with van der Waals surface area (Å²) in [5.74, 6) is -1.18. The van der Waals surface area contributed by atoms with Gasteiger partial charge in [-0.15, -0.1) is 0 Å². The van der Waals surface area contributed by atoms with Gasteiger partial charge in [0.1, 0.15) is 17.6 Å². The number of carbonyl (C=O) groups excluding carboxylic acids is 3. The van der Waals surface area contributed by atoms with E-state index in [1.165, 1.54) is 23.1 Å². The third-order valence-electron chi connectivity index (χ3n) is 5.65. The van der Waals surface area contributed by atoms with E-state index in [-0.39, 0.29) is 24.4 Å². The number of para-hydroxylation sites is 1. The standard InChI is InChI=1S/C26H23FN2O4/c1-33-22-12-10-18(11-13-22)14-15-28(25(31)19-6-5-7-20(27)16-19)23-17-24(30)29(26(23)32)21-8-3-2-4-9-21/h2-13,16,23H,14-15,17H2,1H3/t23-/m0/s1. The minimum atomic E-state index is -0.966. The molecule has 168 valence electrons. The molecule has 6 nitrogen and oxygen atoms in total. The zero-order valence-corrected chi connectivity index (χ0v) is 18.1. The third kappa shape index (κ3) is 4.77. The van der Waals surface area contributed by atoms with Crippen molar-refractivity contribution < 1.29 is 23.5 Å². The topological polar surface area (TPSA) is 66.9 Å². The van der Waals surface area contributed by atoms with Crippen LogP contribution in [0.3, 0.4) is 0 Å². The predicted molar refractivity (Wildman–Crippen MR) is 121 cm³/mol. The Labute approximate surface area is 191 Å². The van der Waals surface area contributed by atoms with Gasteiger partial charge in [-0.2, -0.15) is 0 Å². The first kappa shape index (κ1) is 22.2. The van der Waals surface area contributed by atoms with Gasteiger partial charge in [0.05, 0.1) is 19.2 Å². The minimum Gasteiger partial charge on any atom is -0.497 e. The second kappa shape index (κ2) is 9.65. The minimum absolute atomic E-state index is 0.128. The molecule has 3 amide bonds. The molecule has 4 rings (SSSR count). The van der Waals surface area contributed by atoms with Crippen LogP contribution in [-0.2, 0) is 16.0 Å². The van der Waals surface area contributed by atoms with E-state index < -0.39 is 23.7 Å². The zero-order chi connectivity index (χ0) is 23.4. The molecule has 1 atom stereocenters. The third-order valence-corrected chi connectivity index (χ3v) is 5.65. The fourth-order valence-corrected chi connectivity index (χ4v) is 3.94. The lowest BCUT2D eigenvalue weighted by Gasteiger charge is -2.28. The van der Waals surface area contributed by atoms with Gasteiger partial charge in [0.25, 0.3) is 11.8 Å². The fourth-order valence-electron chi connectivity index (χ4n) is 3.94. The lowest BCUT2D eigenvalue weighted by molar-refractivity contribution is -0.122. The molecule has 0 saturated carbocycles. The molecule has 1 heterocycles. The van der Waals surface area contributed by atoms with Crippen molar-refractivity contribution in [3.8, 4) is 5.75 Å². The number of hydrogen-bond donors (Lipinski definition) is 0. The lowest BCUT2D eigenvalue weighted by Crippen LogP contribution is -2.46. The van der Waals surface area contributed by atoms with E-state index in [4.69, 9.17) is 4.74 Å². The number of nitrogens with zero attached hydrogens (tertiary/aromatic N) is 2. The van der Waals surface area contributed by atoms with Gasteiger partial charge in [-0.3, -0.25) is 14.4 Å². The number of ether oxygens (including phenoxy) is 1. The molecular formula is C26H23FN2O4. The van der Waals surface area contributed by atoms with Crippen molar-refractivity contribution in [2.24, 2.45) is 0 Å². The number of amides is 3. The summed E-state index contributed by atoms with van der Waals surface area (Å²) in [7, 11) is 1.58. The quantitative estimate of drug-likeness (QED) is 0.517. The number of hydrogen-bond acceptors (Lipinski definition) is 4. The number of carbonyl (C=O) groups is 3. The molecule has 1 fully saturated rings. The van der Waals surface area contributed by atoms with Crippen LogP contribution in [0, 0.1) is 5.82 Å². The van der Waals surface area contributed by atoms with Gasteiger partial charge >= 0.3 is 0 Å². The van der Waals surface area contributed by atoms with Crippen molar-refractivity contribution in [2.75, 3.05) is 18.6 Å². The number of halogens is 1. The molecule has 1 saturated heterocycles. The van der Waals surface area contributed by atoms with Gasteiger partial charge in [-0.1, -0.05) is 36.4 Å². The van der Waals surface area contributed by atoms with Crippen molar-refractivity contribution in [1.29, 1.82) is 0 Å². The average molecular weight is 446 g/mol. The molecule has 3 aromatic rings. The molecule has 1 aliphatic rings. The largest absolute Gasteiger partial charge is 0.497 e. The summed E-state index contributed by atoms with van der Waals surface area (Å²) >= 11 is 0. The SMILES string of the molecule is COc1ccc(CCN(C(=O)c2cccc(F)c2)[C@H]2CC(=O)N(c3ccccc3)C2=O)cc1. The average Bonchev–Trinajstić information content (AvgIpc) is 3.13. The first-order chi connectivity index (χ1) is 16.0. The molecule has 0 aromatic heterocycles. The molecule has 1 aliphatic heterocycles. The number of benzene rings is 3. The Hall–Kier alpha value is -4.00. The molecule has 0 bridgehead atoms. The second-order valence-corrected chi connectivity index (χ2v) is 7.73. The van der Waals surface area contributed by atoms with Crippen LogP contribution < -0.4 is 9.64 Å².